The Labute approximate surface area is 191 Å². The zero-order chi connectivity index (χ0) is 20.6. The summed E-state index contributed by atoms with van der Waals surface area (Å²) in [4.78, 5) is 6.92. The highest BCUT2D eigenvalue weighted by Gasteiger charge is 2.24. The van der Waals surface area contributed by atoms with Gasteiger partial charge in [0.25, 0.3) is 0 Å². The Morgan fingerprint density at radius 3 is 2.59 bits per heavy atom. The number of nitrogens with zero attached hydrogens (tertiary/aromatic N) is 4. The summed E-state index contributed by atoms with van der Waals surface area (Å²) >= 11 is 0. The van der Waals surface area contributed by atoms with Crippen LogP contribution in [-0.2, 0) is 12.6 Å². The Morgan fingerprint density at radius 1 is 1.28 bits per heavy atom. The molecule has 3 N–H and O–H groups in total. The lowest BCUT2D eigenvalue weighted by Crippen LogP contribution is -2.42. The van der Waals surface area contributed by atoms with Crippen molar-refractivity contribution < 1.29 is 5.11 Å². The number of aliphatic hydroxyl groups is 1. The van der Waals surface area contributed by atoms with Crippen LogP contribution in [0.3, 0.4) is 0 Å². The molecule has 29 heavy (non-hydrogen) atoms. The molecule has 1 heterocycles. The lowest BCUT2D eigenvalue weighted by molar-refractivity contribution is 0.0672. The van der Waals surface area contributed by atoms with Gasteiger partial charge in [-0.25, -0.2) is 4.99 Å². The fraction of sp³-hybridized carbons (Fsp3) is 0.524. The molecule has 1 unspecified atom stereocenters. The van der Waals surface area contributed by atoms with E-state index in [1.54, 1.807) is 17.8 Å². The number of hydrogen-bond acceptors (Lipinski definition) is 4. The van der Waals surface area contributed by atoms with E-state index >= 15 is 0 Å². The van der Waals surface area contributed by atoms with Crippen molar-refractivity contribution in [3.8, 4) is 0 Å². The zero-order valence-electron chi connectivity index (χ0n) is 18.1. The van der Waals surface area contributed by atoms with Crippen molar-refractivity contribution in [2.24, 2.45) is 12.0 Å². The zero-order valence-corrected chi connectivity index (χ0v) is 20.5. The number of aliphatic imine (C=N–C) groups is 1. The first-order valence-corrected chi connectivity index (χ1v) is 9.91. The largest absolute Gasteiger partial charge is 0.383 e. The van der Waals surface area contributed by atoms with Gasteiger partial charge in [-0.3, -0.25) is 4.68 Å². The van der Waals surface area contributed by atoms with Gasteiger partial charge in [0.15, 0.2) is 5.96 Å². The first-order valence-electron chi connectivity index (χ1n) is 9.91. The van der Waals surface area contributed by atoms with Crippen LogP contribution in [0.1, 0.15) is 31.9 Å². The fourth-order valence-electron chi connectivity index (χ4n) is 3.04. The van der Waals surface area contributed by atoms with Crippen molar-refractivity contribution in [1.82, 2.24) is 20.4 Å². The third kappa shape index (κ3) is 7.50. The van der Waals surface area contributed by atoms with Crippen LogP contribution in [0, 0.1) is 6.92 Å². The van der Waals surface area contributed by atoms with Crippen molar-refractivity contribution in [3.05, 3.63) is 47.8 Å². The van der Waals surface area contributed by atoms with E-state index in [2.05, 4.69) is 63.7 Å². The summed E-state index contributed by atoms with van der Waals surface area (Å²) in [5.74, 6) is 0.701. The first-order chi connectivity index (χ1) is 13.4. The molecule has 0 aliphatic heterocycles. The number of anilines is 1. The monoisotopic (exact) mass is 514 g/mol. The molecule has 0 aliphatic carbocycles. The minimum absolute atomic E-state index is 0. The molecule has 0 spiro atoms. The first kappa shape index (κ1) is 25.2. The summed E-state index contributed by atoms with van der Waals surface area (Å²) in [6.45, 7) is 11.7. The van der Waals surface area contributed by atoms with Crippen LogP contribution in [-0.4, -0.2) is 53.6 Å². The Kier molecular flexibility index (Phi) is 10.5. The smallest absolute Gasteiger partial charge is 0.191 e. The number of aromatic nitrogens is 2. The lowest BCUT2D eigenvalue weighted by atomic mass is 10.0. The molecule has 0 amide bonds. The molecule has 1 aromatic heterocycles. The highest BCUT2D eigenvalue weighted by Crippen LogP contribution is 2.20. The minimum Gasteiger partial charge on any atom is -0.383 e. The number of para-hydroxylation sites is 1. The number of likely N-dealkylation sites (N-methyl/N-ethyl adjacent to an activating group) is 1. The topological polar surface area (TPSA) is 77.7 Å². The van der Waals surface area contributed by atoms with Crippen LogP contribution in [0.2, 0.25) is 0 Å². The molecule has 0 aliphatic rings. The summed E-state index contributed by atoms with van der Waals surface area (Å²) < 4.78 is 1.68. The second kappa shape index (κ2) is 12.0. The molecular formula is C21H35IN6O. The highest BCUT2D eigenvalue weighted by molar-refractivity contribution is 14.0. The average Bonchev–Trinajstić information content (AvgIpc) is 3.11. The number of hydrogen-bond donors (Lipinski definition) is 3. The van der Waals surface area contributed by atoms with Gasteiger partial charge in [0.2, 0.25) is 0 Å². The van der Waals surface area contributed by atoms with E-state index < -0.39 is 5.60 Å². The molecule has 0 saturated heterocycles. The Morgan fingerprint density at radius 2 is 2.00 bits per heavy atom. The second-order valence-electron chi connectivity index (χ2n) is 7.16. The maximum Gasteiger partial charge on any atom is 0.191 e. The standard InChI is InChI=1S/C21H34N6O.HI/c1-6-22-20(24-16-21(4,28)18-14-25-26(5)15-18)23-12-13-27(7-2)19-11-9-8-10-17(19)3;/h8-11,14-15,28H,6-7,12-13,16H2,1-5H3,(H2,22,23,24);1H. The quantitative estimate of drug-likeness (QED) is 0.273. The van der Waals surface area contributed by atoms with Gasteiger partial charge in [0.1, 0.15) is 5.60 Å². The molecule has 2 rings (SSSR count). The predicted molar refractivity (Wildman–Crippen MR) is 131 cm³/mol. The van der Waals surface area contributed by atoms with E-state index in [0.717, 1.165) is 31.7 Å². The Hall–Kier alpha value is -1.81. The van der Waals surface area contributed by atoms with Crippen molar-refractivity contribution >= 4 is 35.6 Å². The maximum atomic E-state index is 10.7. The van der Waals surface area contributed by atoms with Crippen molar-refractivity contribution in [1.29, 1.82) is 0 Å². The fourth-order valence-corrected chi connectivity index (χ4v) is 3.04. The van der Waals surface area contributed by atoms with Gasteiger partial charge in [-0.15, -0.1) is 24.0 Å². The van der Waals surface area contributed by atoms with Gasteiger partial charge in [0.05, 0.1) is 12.7 Å². The summed E-state index contributed by atoms with van der Waals surface area (Å²) in [6.07, 6.45) is 3.49. The number of guanidine groups is 1. The molecule has 1 atom stereocenters. The summed E-state index contributed by atoms with van der Waals surface area (Å²) in [7, 11) is 1.84. The second-order valence-corrected chi connectivity index (χ2v) is 7.16. The van der Waals surface area contributed by atoms with Crippen molar-refractivity contribution in [3.63, 3.8) is 0 Å². The molecule has 7 nitrogen and oxygen atoms in total. The van der Waals surface area contributed by atoms with Crippen LogP contribution < -0.4 is 15.5 Å². The van der Waals surface area contributed by atoms with Crippen molar-refractivity contribution in [2.45, 2.75) is 33.3 Å². The van der Waals surface area contributed by atoms with E-state index in [0.29, 0.717) is 5.96 Å². The van der Waals surface area contributed by atoms with E-state index in [-0.39, 0.29) is 30.5 Å². The van der Waals surface area contributed by atoms with Crippen LogP contribution in [0.4, 0.5) is 5.69 Å². The van der Waals surface area contributed by atoms with E-state index in [4.69, 9.17) is 0 Å². The van der Waals surface area contributed by atoms with Crippen LogP contribution in [0.15, 0.2) is 41.7 Å². The van der Waals surface area contributed by atoms with Crippen molar-refractivity contribution in [2.75, 3.05) is 37.6 Å². The molecule has 0 radical (unpaired) electrons. The molecule has 0 bridgehead atoms. The molecular weight excluding hydrogens is 479 g/mol. The van der Waals surface area contributed by atoms with Gasteiger partial charge in [0, 0.05) is 50.7 Å². The van der Waals surface area contributed by atoms with Gasteiger partial charge in [-0.2, -0.15) is 5.10 Å². The molecule has 0 saturated carbocycles. The average molecular weight is 514 g/mol. The third-order valence-corrected chi connectivity index (χ3v) is 4.73. The molecule has 8 heteroatoms. The molecule has 1 aromatic carbocycles. The number of benzene rings is 1. The SMILES string of the molecule is CCNC(=NCC(C)(O)c1cnn(C)c1)NCCN(CC)c1ccccc1C.I. The maximum absolute atomic E-state index is 10.7. The van der Waals surface area contributed by atoms with Gasteiger partial charge >= 0.3 is 0 Å². The van der Waals surface area contributed by atoms with Gasteiger partial charge < -0.3 is 20.6 Å². The number of nitrogens with one attached hydrogen (secondary N) is 2. The Balaban J connectivity index is 0.00000420. The van der Waals surface area contributed by atoms with Gasteiger partial charge in [-0.05, 0) is 39.3 Å². The number of aryl methyl sites for hydroxylation is 2. The van der Waals surface area contributed by atoms with Crippen LogP contribution >= 0.6 is 24.0 Å². The van der Waals surface area contributed by atoms with E-state index in [9.17, 15) is 5.11 Å². The number of rotatable bonds is 9. The number of halogens is 1. The highest BCUT2D eigenvalue weighted by atomic mass is 127. The normalized spacial score (nSPS) is 13.4. The predicted octanol–water partition coefficient (Wildman–Crippen LogP) is 2.64. The Bertz CT molecular complexity index is 774. The minimum atomic E-state index is -1.06. The van der Waals surface area contributed by atoms with E-state index in [1.165, 1.54) is 11.3 Å². The van der Waals surface area contributed by atoms with Crippen LogP contribution in [0.5, 0.6) is 0 Å². The summed E-state index contributed by atoms with van der Waals surface area (Å²) in [6, 6.07) is 8.43. The molecule has 2 aromatic rings. The third-order valence-electron chi connectivity index (χ3n) is 4.73. The molecule has 162 valence electrons. The summed E-state index contributed by atoms with van der Waals surface area (Å²) in [5.41, 5.74) is 2.23. The van der Waals surface area contributed by atoms with Gasteiger partial charge in [-0.1, -0.05) is 18.2 Å². The van der Waals surface area contributed by atoms with E-state index in [1.807, 2.05) is 20.2 Å². The van der Waals surface area contributed by atoms with Crippen LogP contribution in [0.25, 0.3) is 0 Å². The lowest BCUT2D eigenvalue weighted by Gasteiger charge is -2.26. The summed E-state index contributed by atoms with van der Waals surface area (Å²) in [5, 5.41) is 21.5. The molecule has 0 fully saturated rings.